The second kappa shape index (κ2) is 64.7. The number of nitrogens with one attached hydrogen (secondary N) is 1. The van der Waals surface area contributed by atoms with Crippen LogP contribution in [0.1, 0.15) is 296 Å². The van der Waals surface area contributed by atoms with Gasteiger partial charge in [0.1, 0.15) is 48.8 Å². The number of amides is 1. The normalized spacial score (nSPS) is 22.9. The number of carbonyl (C=O) groups is 1. The first-order valence-corrected chi connectivity index (χ1v) is 38.8. The van der Waals surface area contributed by atoms with E-state index in [2.05, 4.69) is 129 Å². The fraction of sp³-hybridized carbons (Fsp3) is 0.744. The van der Waals surface area contributed by atoms with Crippen molar-refractivity contribution in [3.63, 3.8) is 0 Å². The SMILES string of the molecule is CC/C=C\C/C=C\C/C=C\C/C=C\C/C=C\C/C=C\C/C=C\C/C=C\CCCCCCCCCCCCCCCCCCC(=O)NC(COC1OC(CO)C(OC2OC(CO)C(O)C(O)C2O)C(O)C1O)C(O)/C=C/CC/C=C/CCCCCCCCCCCCCCCCC. The van der Waals surface area contributed by atoms with Gasteiger partial charge in [0, 0.05) is 6.42 Å². The molecular formula is C82H141NO13. The first-order valence-electron chi connectivity index (χ1n) is 38.8. The van der Waals surface area contributed by atoms with Crippen LogP contribution in [0.4, 0.5) is 0 Å². The second-order valence-corrected chi connectivity index (χ2v) is 26.7. The summed E-state index contributed by atoms with van der Waals surface area (Å²) in [4.78, 5) is 13.4. The number of hydrogen-bond donors (Lipinski definition) is 9. The highest BCUT2D eigenvalue weighted by molar-refractivity contribution is 5.76. The first kappa shape index (κ1) is 88.5. The summed E-state index contributed by atoms with van der Waals surface area (Å²) < 4.78 is 22.9. The van der Waals surface area contributed by atoms with Gasteiger partial charge in [0.15, 0.2) is 12.6 Å². The van der Waals surface area contributed by atoms with Gasteiger partial charge in [-0.2, -0.15) is 0 Å². The third-order valence-corrected chi connectivity index (χ3v) is 18.1. The average Bonchev–Trinajstić information content (AvgIpc) is 0.807. The Morgan fingerprint density at radius 3 is 1.15 bits per heavy atom. The lowest BCUT2D eigenvalue weighted by molar-refractivity contribution is -0.359. The third-order valence-electron chi connectivity index (χ3n) is 18.1. The molecule has 0 aromatic heterocycles. The van der Waals surface area contributed by atoms with Gasteiger partial charge in [-0.3, -0.25) is 4.79 Å². The van der Waals surface area contributed by atoms with Crippen LogP contribution in [0.2, 0.25) is 0 Å². The zero-order valence-electron chi connectivity index (χ0n) is 60.3. The lowest BCUT2D eigenvalue weighted by Gasteiger charge is -2.46. The highest BCUT2D eigenvalue weighted by atomic mass is 16.7. The number of carbonyl (C=O) groups excluding carboxylic acids is 1. The largest absolute Gasteiger partial charge is 0.394 e. The van der Waals surface area contributed by atoms with Crippen molar-refractivity contribution in [2.45, 2.75) is 370 Å². The van der Waals surface area contributed by atoms with Crippen LogP contribution in [-0.4, -0.2) is 140 Å². The number of rotatable bonds is 63. The molecule has 552 valence electrons. The molecule has 2 aliphatic heterocycles. The van der Waals surface area contributed by atoms with Crippen LogP contribution in [-0.2, 0) is 23.7 Å². The zero-order chi connectivity index (χ0) is 69.4. The van der Waals surface area contributed by atoms with Crippen LogP contribution in [0.3, 0.4) is 0 Å². The summed E-state index contributed by atoms with van der Waals surface area (Å²) in [6.07, 6.45) is 78.4. The summed E-state index contributed by atoms with van der Waals surface area (Å²) in [7, 11) is 0. The minimum absolute atomic E-state index is 0.250. The van der Waals surface area contributed by atoms with E-state index in [9.17, 15) is 45.6 Å². The van der Waals surface area contributed by atoms with Gasteiger partial charge in [0.2, 0.25) is 5.91 Å². The maximum atomic E-state index is 13.4. The van der Waals surface area contributed by atoms with Crippen LogP contribution in [0.25, 0.3) is 0 Å². The Bertz CT molecular complexity index is 2080. The lowest BCUT2D eigenvalue weighted by atomic mass is 9.97. The molecule has 0 aromatic carbocycles. The Labute approximate surface area is 584 Å². The van der Waals surface area contributed by atoms with Gasteiger partial charge in [-0.05, 0) is 96.3 Å². The topological polar surface area (TPSA) is 228 Å². The highest BCUT2D eigenvalue weighted by Gasteiger charge is 2.51. The van der Waals surface area contributed by atoms with E-state index in [1.807, 2.05) is 6.08 Å². The zero-order valence-corrected chi connectivity index (χ0v) is 60.3. The number of ether oxygens (including phenoxy) is 4. The summed E-state index contributed by atoms with van der Waals surface area (Å²) in [6, 6.07) is -0.939. The monoisotopic (exact) mass is 1350 g/mol. The minimum Gasteiger partial charge on any atom is -0.394 e. The number of hydrogen-bond acceptors (Lipinski definition) is 13. The molecule has 2 heterocycles. The maximum absolute atomic E-state index is 13.4. The van der Waals surface area contributed by atoms with Gasteiger partial charge in [0.05, 0.1) is 32.0 Å². The lowest BCUT2D eigenvalue weighted by Crippen LogP contribution is -2.65. The maximum Gasteiger partial charge on any atom is 0.220 e. The molecule has 0 bridgehead atoms. The Hall–Kier alpha value is -3.61. The Kier molecular flexibility index (Phi) is 59.7. The predicted molar refractivity (Wildman–Crippen MR) is 396 cm³/mol. The number of aliphatic hydroxyl groups is 8. The Morgan fingerprint density at radius 2 is 0.729 bits per heavy atom. The fourth-order valence-electron chi connectivity index (χ4n) is 12.0. The van der Waals surface area contributed by atoms with Crippen LogP contribution >= 0.6 is 0 Å². The van der Waals surface area contributed by atoms with Crippen molar-refractivity contribution >= 4 is 5.91 Å². The van der Waals surface area contributed by atoms with Crippen molar-refractivity contribution in [3.8, 4) is 0 Å². The molecule has 9 N–H and O–H groups in total. The van der Waals surface area contributed by atoms with E-state index in [0.29, 0.717) is 12.8 Å². The smallest absolute Gasteiger partial charge is 0.220 e. The van der Waals surface area contributed by atoms with Crippen LogP contribution in [0, 0.1) is 0 Å². The number of unbranched alkanes of at least 4 members (excludes halogenated alkanes) is 32. The van der Waals surface area contributed by atoms with Gasteiger partial charge in [-0.15, -0.1) is 0 Å². The second-order valence-electron chi connectivity index (χ2n) is 26.7. The molecule has 2 saturated heterocycles. The van der Waals surface area contributed by atoms with Crippen molar-refractivity contribution in [2.75, 3.05) is 19.8 Å². The molecule has 1 amide bonds. The highest BCUT2D eigenvalue weighted by Crippen LogP contribution is 2.30. The van der Waals surface area contributed by atoms with Crippen LogP contribution in [0.15, 0.2) is 122 Å². The average molecular weight is 1350 g/mol. The van der Waals surface area contributed by atoms with Gasteiger partial charge in [0.25, 0.3) is 0 Å². The Morgan fingerprint density at radius 1 is 0.385 bits per heavy atom. The van der Waals surface area contributed by atoms with E-state index >= 15 is 0 Å². The molecule has 0 saturated carbocycles. The van der Waals surface area contributed by atoms with Gasteiger partial charge >= 0.3 is 0 Å². The van der Waals surface area contributed by atoms with Crippen molar-refractivity contribution in [2.24, 2.45) is 0 Å². The van der Waals surface area contributed by atoms with Gasteiger partial charge in [-0.1, -0.05) is 315 Å². The van der Waals surface area contributed by atoms with Crippen molar-refractivity contribution in [1.82, 2.24) is 5.32 Å². The summed E-state index contributed by atoms with van der Waals surface area (Å²) in [5.41, 5.74) is 0. The fourth-order valence-corrected chi connectivity index (χ4v) is 12.0. The first-order chi connectivity index (χ1) is 47.1. The molecule has 0 radical (unpaired) electrons. The molecule has 12 atom stereocenters. The number of aliphatic hydroxyl groups excluding tert-OH is 8. The molecular weight excluding hydrogens is 1210 g/mol. The van der Waals surface area contributed by atoms with E-state index in [1.165, 1.54) is 180 Å². The minimum atomic E-state index is -1.80. The van der Waals surface area contributed by atoms with E-state index < -0.39 is 86.8 Å². The molecule has 0 aliphatic carbocycles. The molecule has 96 heavy (non-hydrogen) atoms. The van der Waals surface area contributed by atoms with E-state index in [4.69, 9.17) is 18.9 Å². The molecule has 12 unspecified atom stereocenters. The van der Waals surface area contributed by atoms with Crippen LogP contribution in [0.5, 0.6) is 0 Å². The third kappa shape index (κ3) is 47.4. The van der Waals surface area contributed by atoms with E-state index in [0.717, 1.165) is 83.5 Å². The molecule has 2 rings (SSSR count). The van der Waals surface area contributed by atoms with Crippen molar-refractivity contribution in [3.05, 3.63) is 122 Å². The molecule has 2 aliphatic rings. The quantitative estimate of drug-likeness (QED) is 0.0204. The summed E-state index contributed by atoms with van der Waals surface area (Å²) in [5, 5.41) is 87.5. The van der Waals surface area contributed by atoms with Gasteiger partial charge in [-0.25, -0.2) is 0 Å². The predicted octanol–water partition coefficient (Wildman–Crippen LogP) is 17.2. The van der Waals surface area contributed by atoms with Crippen LogP contribution < -0.4 is 5.32 Å². The molecule has 14 heteroatoms. The van der Waals surface area contributed by atoms with E-state index in [1.54, 1.807) is 6.08 Å². The van der Waals surface area contributed by atoms with E-state index in [-0.39, 0.29) is 18.9 Å². The standard InChI is InChI=1S/C82H141NO13/c1-3-5-7-9-11-13-15-17-19-21-23-25-26-27-28-29-30-31-32-33-34-35-36-37-38-39-40-41-42-43-44-46-48-50-52-54-56-58-60-62-64-66-74(87)83-70(71(86)65-63-61-59-57-55-53-51-49-47-45-24-22-20-18-16-14-12-10-8-6-4-2)69-93-81-79(92)77(90)80(73(68-85)95-81)96-82-78(91)76(89)75(88)72(67-84)94-82/h5,7,11,13,17,19,23,25,27-28,30-31,33-34,36-37,55,57,63,65,70-73,75-82,84-86,88-92H,3-4,6,8-10,12,14-16,18,20-22,24,26,29,32,35,38-54,56,58-62,64,66-69H2,1-2H3,(H,83,87)/b7-5-,13-11-,19-17-,25-23-,28-27-,31-30-,34-33-,37-36-,57-55+,65-63+. The summed E-state index contributed by atoms with van der Waals surface area (Å²) in [5.74, 6) is -0.250. The summed E-state index contributed by atoms with van der Waals surface area (Å²) in [6.45, 7) is 2.69. The van der Waals surface area contributed by atoms with Crippen molar-refractivity contribution in [1.29, 1.82) is 0 Å². The summed E-state index contributed by atoms with van der Waals surface area (Å²) >= 11 is 0. The Balaban J connectivity index is 1.61. The van der Waals surface area contributed by atoms with Crippen molar-refractivity contribution < 1.29 is 64.6 Å². The van der Waals surface area contributed by atoms with Gasteiger partial charge < -0.3 is 65.1 Å². The molecule has 2 fully saturated rings. The molecule has 14 nitrogen and oxygen atoms in total. The molecule has 0 aromatic rings. The molecule has 0 spiro atoms. The number of allylic oxidation sites excluding steroid dienone is 19.